The lowest BCUT2D eigenvalue weighted by Crippen LogP contribution is -2.23. The summed E-state index contributed by atoms with van der Waals surface area (Å²) in [6, 6.07) is 10.2. The van der Waals surface area contributed by atoms with E-state index in [0.29, 0.717) is 5.76 Å². The molecule has 0 heterocycles. The van der Waals surface area contributed by atoms with Gasteiger partial charge in [0, 0.05) is 6.54 Å². The summed E-state index contributed by atoms with van der Waals surface area (Å²) in [4.78, 5) is 5.44. The molecule has 3 nitrogen and oxygen atoms in total. The van der Waals surface area contributed by atoms with Crippen LogP contribution in [0.2, 0.25) is 0 Å². The number of hydroxylamine groups is 1. The van der Waals surface area contributed by atoms with Crippen molar-refractivity contribution < 1.29 is 4.84 Å². The van der Waals surface area contributed by atoms with Gasteiger partial charge in [-0.25, -0.2) is 0 Å². The minimum absolute atomic E-state index is 0.0985. The summed E-state index contributed by atoms with van der Waals surface area (Å²) in [5.74, 6) is 0.527. The van der Waals surface area contributed by atoms with E-state index in [0.717, 1.165) is 25.1 Å². The molecule has 1 rings (SSSR count). The van der Waals surface area contributed by atoms with Crippen molar-refractivity contribution in [2.45, 2.75) is 32.7 Å². The van der Waals surface area contributed by atoms with Gasteiger partial charge < -0.3 is 10.2 Å². The van der Waals surface area contributed by atoms with Crippen LogP contribution in [0.1, 0.15) is 38.3 Å². The molecular formula is C16H24N2O. The van der Waals surface area contributed by atoms with Gasteiger partial charge in [0.25, 0.3) is 0 Å². The maximum atomic E-state index is 5.44. The average molecular weight is 260 g/mol. The standard InChI is InChI=1S/C16H24N2O/c1-5-6-12-17-13(2)15(4)19-18-14(3)16-10-8-7-9-11-16/h7-11,14,17-18H,2,4-6,12H2,1,3H3. The van der Waals surface area contributed by atoms with Crippen LogP contribution < -0.4 is 10.8 Å². The van der Waals surface area contributed by atoms with Crippen LogP contribution in [0.15, 0.2) is 54.9 Å². The molecule has 0 aliphatic carbocycles. The van der Waals surface area contributed by atoms with Gasteiger partial charge in [0.2, 0.25) is 0 Å². The molecule has 0 aliphatic rings. The molecule has 1 aromatic rings. The van der Waals surface area contributed by atoms with Gasteiger partial charge in [0.05, 0.1) is 11.7 Å². The highest BCUT2D eigenvalue weighted by atomic mass is 16.6. The summed E-state index contributed by atoms with van der Waals surface area (Å²) < 4.78 is 0. The SMILES string of the molecule is C=C(NCCCC)C(=C)ONC(C)c1ccccc1. The summed E-state index contributed by atoms with van der Waals surface area (Å²) in [6.45, 7) is 12.8. The first-order chi connectivity index (χ1) is 9.15. The summed E-state index contributed by atoms with van der Waals surface area (Å²) >= 11 is 0. The van der Waals surface area contributed by atoms with Gasteiger partial charge in [-0.1, -0.05) is 56.8 Å². The van der Waals surface area contributed by atoms with E-state index in [1.54, 1.807) is 0 Å². The second-order valence-electron chi connectivity index (χ2n) is 4.53. The van der Waals surface area contributed by atoms with Crippen LogP contribution in [0.25, 0.3) is 0 Å². The van der Waals surface area contributed by atoms with Gasteiger partial charge >= 0.3 is 0 Å². The third-order valence-electron chi connectivity index (χ3n) is 2.86. The van der Waals surface area contributed by atoms with Crippen molar-refractivity contribution in [2.24, 2.45) is 0 Å². The van der Waals surface area contributed by atoms with Crippen LogP contribution in [-0.4, -0.2) is 6.54 Å². The van der Waals surface area contributed by atoms with E-state index in [9.17, 15) is 0 Å². The van der Waals surface area contributed by atoms with Crippen molar-refractivity contribution in [2.75, 3.05) is 6.54 Å². The maximum Gasteiger partial charge on any atom is 0.162 e. The van der Waals surface area contributed by atoms with E-state index in [2.05, 4.69) is 43.0 Å². The zero-order chi connectivity index (χ0) is 14.1. The van der Waals surface area contributed by atoms with Gasteiger partial charge in [-0.3, -0.25) is 0 Å². The van der Waals surface area contributed by atoms with E-state index >= 15 is 0 Å². The van der Waals surface area contributed by atoms with E-state index in [-0.39, 0.29) is 6.04 Å². The molecule has 104 valence electrons. The fourth-order valence-electron chi connectivity index (χ4n) is 1.55. The average Bonchev–Trinajstić information content (AvgIpc) is 2.45. The van der Waals surface area contributed by atoms with E-state index in [1.165, 1.54) is 5.56 Å². The highest BCUT2D eigenvalue weighted by Crippen LogP contribution is 2.12. The number of unbranched alkanes of at least 4 members (excludes halogenated alkanes) is 1. The van der Waals surface area contributed by atoms with Gasteiger partial charge in [0.1, 0.15) is 0 Å². The molecule has 3 heteroatoms. The Labute approximate surface area is 116 Å². The smallest absolute Gasteiger partial charge is 0.162 e. The predicted octanol–water partition coefficient (Wildman–Crippen LogP) is 3.69. The summed E-state index contributed by atoms with van der Waals surface area (Å²) in [7, 11) is 0. The summed E-state index contributed by atoms with van der Waals surface area (Å²) in [6.07, 6.45) is 2.26. The molecule has 0 saturated heterocycles. The van der Waals surface area contributed by atoms with Crippen molar-refractivity contribution in [3.8, 4) is 0 Å². The largest absolute Gasteiger partial charge is 0.407 e. The van der Waals surface area contributed by atoms with E-state index in [4.69, 9.17) is 4.84 Å². The first kappa shape index (κ1) is 15.3. The van der Waals surface area contributed by atoms with Crippen molar-refractivity contribution in [3.63, 3.8) is 0 Å². The van der Waals surface area contributed by atoms with Gasteiger partial charge in [-0.15, -0.1) is 5.48 Å². The highest BCUT2D eigenvalue weighted by Gasteiger charge is 2.06. The normalized spacial score (nSPS) is 11.7. The molecular weight excluding hydrogens is 236 g/mol. The Balaban J connectivity index is 2.31. The fourth-order valence-corrected chi connectivity index (χ4v) is 1.55. The van der Waals surface area contributed by atoms with Crippen LogP contribution in [0.4, 0.5) is 0 Å². The van der Waals surface area contributed by atoms with Crippen molar-refractivity contribution >= 4 is 0 Å². The molecule has 0 aromatic heterocycles. The molecule has 19 heavy (non-hydrogen) atoms. The third kappa shape index (κ3) is 5.62. The molecule has 0 amide bonds. The highest BCUT2D eigenvalue weighted by molar-refractivity contribution is 5.19. The Morgan fingerprint density at radius 3 is 2.58 bits per heavy atom. The first-order valence-corrected chi connectivity index (χ1v) is 6.74. The van der Waals surface area contributed by atoms with Gasteiger partial charge in [0.15, 0.2) is 5.76 Å². The van der Waals surface area contributed by atoms with Crippen LogP contribution >= 0.6 is 0 Å². The quantitative estimate of drug-likeness (QED) is 0.307. The lowest BCUT2D eigenvalue weighted by atomic mass is 10.1. The lowest BCUT2D eigenvalue weighted by molar-refractivity contribution is 0.0836. The maximum absolute atomic E-state index is 5.44. The van der Waals surface area contributed by atoms with Crippen LogP contribution in [-0.2, 0) is 4.84 Å². The van der Waals surface area contributed by atoms with Gasteiger partial charge in [-0.05, 0) is 18.9 Å². The molecule has 1 atom stereocenters. The number of hydrogen-bond donors (Lipinski definition) is 2. The molecule has 0 aliphatic heterocycles. The topological polar surface area (TPSA) is 33.3 Å². The minimum atomic E-state index is 0.0985. The second kappa shape index (κ2) is 8.38. The van der Waals surface area contributed by atoms with Crippen molar-refractivity contribution in [3.05, 3.63) is 60.5 Å². The molecule has 0 bridgehead atoms. The molecule has 0 spiro atoms. The third-order valence-corrected chi connectivity index (χ3v) is 2.86. The lowest BCUT2D eigenvalue weighted by Gasteiger charge is -2.17. The molecule has 0 fully saturated rings. The van der Waals surface area contributed by atoms with E-state index in [1.807, 2.05) is 25.1 Å². The fraction of sp³-hybridized carbons (Fsp3) is 0.375. The van der Waals surface area contributed by atoms with Crippen LogP contribution in [0.3, 0.4) is 0 Å². The Morgan fingerprint density at radius 1 is 1.26 bits per heavy atom. The minimum Gasteiger partial charge on any atom is -0.407 e. The number of benzene rings is 1. The number of hydrogen-bond acceptors (Lipinski definition) is 3. The van der Waals surface area contributed by atoms with Crippen LogP contribution in [0, 0.1) is 0 Å². The Morgan fingerprint density at radius 2 is 1.95 bits per heavy atom. The molecule has 0 saturated carbocycles. The Bertz CT molecular complexity index is 400. The van der Waals surface area contributed by atoms with Crippen molar-refractivity contribution in [1.29, 1.82) is 0 Å². The Hall–Kier alpha value is -1.74. The number of rotatable bonds is 9. The summed E-state index contributed by atoms with van der Waals surface area (Å²) in [5, 5.41) is 3.19. The zero-order valence-electron chi connectivity index (χ0n) is 11.9. The molecule has 2 N–H and O–H groups in total. The second-order valence-corrected chi connectivity index (χ2v) is 4.53. The Kier molecular flexibility index (Phi) is 6.75. The monoisotopic (exact) mass is 260 g/mol. The molecule has 1 aromatic carbocycles. The first-order valence-electron chi connectivity index (χ1n) is 6.74. The molecule has 1 unspecified atom stereocenters. The predicted molar refractivity (Wildman–Crippen MR) is 80.3 cm³/mol. The van der Waals surface area contributed by atoms with Crippen molar-refractivity contribution in [1.82, 2.24) is 10.8 Å². The van der Waals surface area contributed by atoms with Gasteiger partial charge in [-0.2, -0.15) is 0 Å². The summed E-state index contributed by atoms with van der Waals surface area (Å²) in [5.41, 5.74) is 4.86. The zero-order valence-corrected chi connectivity index (χ0v) is 11.9. The number of nitrogens with one attached hydrogen (secondary N) is 2. The van der Waals surface area contributed by atoms with E-state index < -0.39 is 0 Å². The molecule has 0 radical (unpaired) electrons. The van der Waals surface area contributed by atoms with Crippen LogP contribution in [0.5, 0.6) is 0 Å².